The summed E-state index contributed by atoms with van der Waals surface area (Å²) in [7, 11) is 0. The first-order valence-electron chi connectivity index (χ1n) is 6.49. The zero-order valence-corrected chi connectivity index (χ0v) is 10.8. The fraction of sp³-hybridized carbons (Fsp3) is 0.412. The predicted molar refractivity (Wildman–Crippen MR) is 75.8 cm³/mol. The smallest absolute Gasteiger partial charge is 0.0681 e. The van der Waals surface area contributed by atoms with Crippen molar-refractivity contribution >= 4 is 0 Å². The van der Waals surface area contributed by atoms with Gasteiger partial charge >= 0.3 is 0 Å². The Morgan fingerprint density at radius 2 is 1.61 bits per heavy atom. The quantitative estimate of drug-likeness (QED) is 0.596. The summed E-state index contributed by atoms with van der Waals surface area (Å²) in [6.45, 7) is 0.0887. The highest BCUT2D eigenvalue weighted by molar-refractivity contribution is 5.35. The molecule has 0 unspecified atom stereocenters. The first-order chi connectivity index (χ1) is 8.86. The third-order valence-corrected chi connectivity index (χ3v) is 2.74. The molecule has 1 rings (SSSR count). The molecule has 0 aliphatic rings. The number of terminal acetylenes is 1. The molecule has 18 heavy (non-hydrogen) atoms. The van der Waals surface area contributed by atoms with Crippen LogP contribution in [0.25, 0.3) is 0 Å². The summed E-state index contributed by atoms with van der Waals surface area (Å²) < 4.78 is 0. The maximum absolute atomic E-state index is 8.91. The third-order valence-electron chi connectivity index (χ3n) is 2.74. The minimum absolute atomic E-state index is 0.0887. The molecule has 0 radical (unpaired) electrons. The highest BCUT2D eigenvalue weighted by Gasteiger charge is 1.90. The second kappa shape index (κ2) is 9.34. The molecule has 0 saturated carbocycles. The van der Waals surface area contributed by atoms with E-state index in [4.69, 9.17) is 11.5 Å². The average molecular weight is 240 g/mol. The zero-order chi connectivity index (χ0) is 13.1. The van der Waals surface area contributed by atoms with Crippen LogP contribution in [0.2, 0.25) is 0 Å². The molecule has 0 fully saturated rings. The first kappa shape index (κ1) is 14.4. The van der Waals surface area contributed by atoms with E-state index in [-0.39, 0.29) is 6.61 Å². The molecule has 0 aliphatic heterocycles. The van der Waals surface area contributed by atoms with E-state index in [1.165, 1.54) is 12.8 Å². The van der Waals surface area contributed by atoms with Crippen molar-refractivity contribution in [1.29, 1.82) is 0 Å². The van der Waals surface area contributed by atoms with Crippen molar-refractivity contribution in [3.63, 3.8) is 0 Å². The van der Waals surface area contributed by atoms with E-state index in [1.807, 2.05) is 24.3 Å². The molecule has 0 amide bonds. The molecule has 0 aromatic heterocycles. The van der Waals surface area contributed by atoms with E-state index >= 15 is 0 Å². The van der Waals surface area contributed by atoms with Crippen LogP contribution in [-0.4, -0.2) is 5.11 Å². The van der Waals surface area contributed by atoms with Crippen LogP contribution in [0.5, 0.6) is 0 Å². The molecule has 0 aliphatic carbocycles. The van der Waals surface area contributed by atoms with Gasteiger partial charge < -0.3 is 5.11 Å². The zero-order valence-electron chi connectivity index (χ0n) is 10.8. The van der Waals surface area contributed by atoms with Crippen LogP contribution in [-0.2, 0) is 6.61 Å². The van der Waals surface area contributed by atoms with Crippen molar-refractivity contribution < 1.29 is 5.11 Å². The van der Waals surface area contributed by atoms with Crippen molar-refractivity contribution in [3.8, 4) is 24.2 Å². The lowest BCUT2D eigenvalue weighted by Gasteiger charge is -1.95. The van der Waals surface area contributed by atoms with E-state index < -0.39 is 0 Å². The summed E-state index contributed by atoms with van der Waals surface area (Å²) in [4.78, 5) is 0. The summed E-state index contributed by atoms with van der Waals surface area (Å²) in [5.41, 5.74) is 1.94. The lowest BCUT2D eigenvalue weighted by atomic mass is 10.1. The SMILES string of the molecule is C#CCCCCCCC#Cc1ccc(CO)cc1. The van der Waals surface area contributed by atoms with Gasteiger partial charge in [0.1, 0.15) is 0 Å². The Kier molecular flexibility index (Phi) is 7.45. The van der Waals surface area contributed by atoms with Crippen molar-refractivity contribution in [2.75, 3.05) is 0 Å². The summed E-state index contributed by atoms with van der Waals surface area (Å²) in [6, 6.07) is 7.71. The average Bonchev–Trinajstić information content (AvgIpc) is 2.42. The summed E-state index contributed by atoms with van der Waals surface area (Å²) in [5, 5.41) is 8.91. The van der Waals surface area contributed by atoms with E-state index in [9.17, 15) is 0 Å². The number of aliphatic hydroxyl groups excluding tert-OH is 1. The van der Waals surface area contributed by atoms with Crippen molar-refractivity contribution in [1.82, 2.24) is 0 Å². The van der Waals surface area contributed by atoms with Crippen LogP contribution in [0.3, 0.4) is 0 Å². The van der Waals surface area contributed by atoms with Gasteiger partial charge in [-0.25, -0.2) is 0 Å². The van der Waals surface area contributed by atoms with E-state index in [0.717, 1.165) is 36.8 Å². The van der Waals surface area contributed by atoms with Crippen LogP contribution < -0.4 is 0 Å². The van der Waals surface area contributed by atoms with Gasteiger partial charge in [-0.1, -0.05) is 36.8 Å². The molecule has 0 saturated heterocycles. The second-order valence-electron chi connectivity index (χ2n) is 4.28. The van der Waals surface area contributed by atoms with Gasteiger partial charge in [0.2, 0.25) is 0 Å². The highest BCUT2D eigenvalue weighted by Crippen LogP contribution is 2.05. The Bertz CT molecular complexity index is 425. The molecular formula is C17H20O. The highest BCUT2D eigenvalue weighted by atomic mass is 16.3. The maximum atomic E-state index is 8.91. The second-order valence-corrected chi connectivity index (χ2v) is 4.28. The molecule has 1 aromatic rings. The minimum atomic E-state index is 0.0887. The maximum Gasteiger partial charge on any atom is 0.0681 e. The lowest BCUT2D eigenvalue weighted by molar-refractivity contribution is 0.282. The summed E-state index contributed by atoms with van der Waals surface area (Å²) in [5.74, 6) is 8.97. The topological polar surface area (TPSA) is 20.2 Å². The van der Waals surface area contributed by atoms with Crippen LogP contribution in [0.4, 0.5) is 0 Å². The normalized spacial score (nSPS) is 9.33. The summed E-state index contributed by atoms with van der Waals surface area (Å²) >= 11 is 0. The molecule has 1 N–H and O–H groups in total. The Morgan fingerprint density at radius 3 is 2.22 bits per heavy atom. The molecule has 0 spiro atoms. The van der Waals surface area contributed by atoms with Crippen molar-refractivity contribution in [3.05, 3.63) is 35.4 Å². The molecule has 0 atom stereocenters. The Hall–Kier alpha value is -1.70. The van der Waals surface area contributed by atoms with Gasteiger partial charge in [-0.15, -0.1) is 12.3 Å². The molecule has 1 aromatic carbocycles. The van der Waals surface area contributed by atoms with E-state index in [0.29, 0.717) is 0 Å². The summed E-state index contributed by atoms with van der Waals surface area (Å²) in [6.07, 6.45) is 11.7. The van der Waals surface area contributed by atoms with Gasteiger partial charge in [-0.2, -0.15) is 0 Å². The van der Waals surface area contributed by atoms with Gasteiger partial charge in [-0.3, -0.25) is 0 Å². The molecule has 0 heterocycles. The standard InChI is InChI=1S/C17H20O/c1-2-3-4-5-6-7-8-9-10-16-11-13-17(15-18)14-12-16/h1,11-14,18H,3-8,15H2. The Morgan fingerprint density at radius 1 is 0.944 bits per heavy atom. The number of hydrogen-bond donors (Lipinski definition) is 1. The third kappa shape index (κ3) is 6.14. The minimum Gasteiger partial charge on any atom is -0.392 e. The van der Waals surface area contributed by atoms with Gasteiger partial charge in [0.15, 0.2) is 0 Å². The lowest BCUT2D eigenvalue weighted by Crippen LogP contribution is -1.82. The molecular weight excluding hydrogens is 220 g/mol. The van der Waals surface area contributed by atoms with Crippen LogP contribution in [0.15, 0.2) is 24.3 Å². The van der Waals surface area contributed by atoms with Gasteiger partial charge in [0, 0.05) is 18.4 Å². The van der Waals surface area contributed by atoms with E-state index in [2.05, 4.69) is 17.8 Å². The van der Waals surface area contributed by atoms with Crippen LogP contribution >= 0.6 is 0 Å². The molecule has 0 bridgehead atoms. The molecule has 94 valence electrons. The van der Waals surface area contributed by atoms with E-state index in [1.54, 1.807) is 0 Å². The predicted octanol–water partition coefficient (Wildman–Crippen LogP) is 3.50. The fourth-order valence-electron chi connectivity index (χ4n) is 1.65. The van der Waals surface area contributed by atoms with Crippen molar-refractivity contribution in [2.24, 2.45) is 0 Å². The molecule has 1 heteroatoms. The molecule has 1 nitrogen and oxygen atoms in total. The van der Waals surface area contributed by atoms with Crippen LogP contribution in [0, 0.1) is 24.2 Å². The van der Waals surface area contributed by atoms with Gasteiger partial charge in [-0.05, 0) is 30.5 Å². The number of aliphatic hydroxyl groups is 1. The number of benzene rings is 1. The fourth-order valence-corrected chi connectivity index (χ4v) is 1.65. The Labute approximate surface area is 110 Å². The van der Waals surface area contributed by atoms with Gasteiger partial charge in [0.05, 0.1) is 6.61 Å². The van der Waals surface area contributed by atoms with Gasteiger partial charge in [0.25, 0.3) is 0 Å². The number of rotatable bonds is 6. The Balaban J connectivity index is 2.19. The number of unbranched alkanes of at least 4 members (excludes halogenated alkanes) is 5. The number of hydrogen-bond acceptors (Lipinski definition) is 1. The largest absolute Gasteiger partial charge is 0.392 e. The van der Waals surface area contributed by atoms with Crippen molar-refractivity contribution in [2.45, 2.75) is 45.1 Å². The van der Waals surface area contributed by atoms with Crippen LogP contribution in [0.1, 0.15) is 49.7 Å². The monoisotopic (exact) mass is 240 g/mol. The first-order valence-corrected chi connectivity index (χ1v) is 6.49.